The van der Waals surface area contributed by atoms with Gasteiger partial charge >= 0.3 is 0 Å². The maximum absolute atomic E-state index is 2.30. The molecule has 0 radical (unpaired) electrons. The Bertz CT molecular complexity index is 569. The Kier molecular flexibility index (Phi) is 2.82. The highest BCUT2D eigenvalue weighted by atomic mass is 14.2. The Hall–Kier alpha value is -1.82. The molecule has 0 saturated carbocycles. The van der Waals surface area contributed by atoms with Gasteiger partial charge in [-0.15, -0.1) is 0 Å². The minimum atomic E-state index is 0.136. The van der Waals surface area contributed by atoms with Gasteiger partial charge < -0.3 is 0 Å². The maximum Gasteiger partial charge on any atom is 0.00111 e. The van der Waals surface area contributed by atoms with Crippen LogP contribution in [0, 0.1) is 11.3 Å². The molecule has 0 amide bonds. The topological polar surface area (TPSA) is 0 Å². The number of allylic oxidation sites excluding steroid dienone is 4. The summed E-state index contributed by atoms with van der Waals surface area (Å²) in [7, 11) is 0. The maximum atomic E-state index is 2.30. The van der Waals surface area contributed by atoms with Crippen molar-refractivity contribution in [3.05, 3.63) is 58.7 Å². The van der Waals surface area contributed by atoms with E-state index in [4.69, 9.17) is 0 Å². The molecule has 1 aromatic carbocycles. The highest BCUT2D eigenvalue weighted by molar-refractivity contribution is 5.77. The summed E-state index contributed by atoms with van der Waals surface area (Å²) in [5.41, 5.74) is 5.40. The Morgan fingerprint density at radius 1 is 0.737 bits per heavy atom. The van der Waals surface area contributed by atoms with Gasteiger partial charge in [0.15, 0.2) is 0 Å². The van der Waals surface area contributed by atoms with E-state index in [9.17, 15) is 0 Å². The Balaban J connectivity index is 2.14. The van der Waals surface area contributed by atoms with E-state index in [1.54, 1.807) is 0 Å². The third-order valence-corrected chi connectivity index (χ3v) is 3.83. The normalized spacial score (nSPS) is 19.7. The molecule has 0 N–H and O–H groups in total. The van der Waals surface area contributed by atoms with E-state index in [0.717, 1.165) is 0 Å². The van der Waals surface area contributed by atoms with Gasteiger partial charge in [-0.05, 0) is 40.3 Å². The fourth-order valence-corrected chi connectivity index (χ4v) is 2.49. The molecule has 0 fully saturated rings. The van der Waals surface area contributed by atoms with Crippen molar-refractivity contribution >= 4 is 24.3 Å². The predicted octanol–water partition coefficient (Wildman–Crippen LogP) is 5.43. The molecule has 0 aliphatic heterocycles. The summed E-state index contributed by atoms with van der Waals surface area (Å²) in [6, 6.07) is 4.59. The molecule has 0 unspecified atom stereocenters. The van der Waals surface area contributed by atoms with Crippen molar-refractivity contribution in [1.82, 2.24) is 0 Å². The van der Waals surface area contributed by atoms with E-state index in [-0.39, 0.29) is 5.41 Å². The third kappa shape index (κ3) is 2.49. The van der Waals surface area contributed by atoms with Crippen LogP contribution in [0.4, 0.5) is 0 Å². The number of rotatable bonds is 0. The van der Waals surface area contributed by atoms with Gasteiger partial charge in [-0.2, -0.15) is 0 Å². The molecule has 0 heterocycles. The van der Waals surface area contributed by atoms with Gasteiger partial charge in [-0.25, -0.2) is 0 Å². The van der Waals surface area contributed by atoms with Gasteiger partial charge in [0.05, 0.1) is 0 Å². The molecule has 0 bridgehead atoms. The Morgan fingerprint density at radius 2 is 1.16 bits per heavy atom. The van der Waals surface area contributed by atoms with Crippen LogP contribution in [-0.2, 0) is 0 Å². The first-order valence-corrected chi connectivity index (χ1v) is 6.96. The first-order valence-electron chi connectivity index (χ1n) is 6.96. The summed E-state index contributed by atoms with van der Waals surface area (Å²) in [6.07, 6.45) is 18.1. The lowest BCUT2D eigenvalue weighted by Crippen LogP contribution is -1.99. The van der Waals surface area contributed by atoms with Crippen LogP contribution in [0.2, 0.25) is 0 Å². The largest absolute Gasteiger partial charge is 0.0773 e. The molecule has 0 aromatic heterocycles. The zero-order chi connectivity index (χ0) is 13.5. The molecule has 0 heteroatoms. The van der Waals surface area contributed by atoms with Gasteiger partial charge in [0, 0.05) is 5.41 Å². The SMILES string of the molecule is CC1C=Cc2cc3c(cc2C=C1)C=CC(C)(C)C=C3. The fourth-order valence-electron chi connectivity index (χ4n) is 2.49. The lowest BCUT2D eigenvalue weighted by Gasteiger charge is -2.12. The summed E-state index contributed by atoms with van der Waals surface area (Å²) in [6.45, 7) is 6.68. The van der Waals surface area contributed by atoms with Crippen molar-refractivity contribution in [2.45, 2.75) is 20.8 Å². The lowest BCUT2D eigenvalue weighted by atomic mass is 9.93. The minimum absolute atomic E-state index is 0.136. The molecule has 96 valence electrons. The van der Waals surface area contributed by atoms with Crippen LogP contribution in [0.25, 0.3) is 24.3 Å². The smallest absolute Gasteiger partial charge is 0.00111 e. The number of hydrogen-bond donors (Lipinski definition) is 0. The Morgan fingerprint density at radius 3 is 1.63 bits per heavy atom. The minimum Gasteiger partial charge on any atom is -0.0773 e. The van der Waals surface area contributed by atoms with Crippen molar-refractivity contribution in [1.29, 1.82) is 0 Å². The van der Waals surface area contributed by atoms with E-state index in [0.29, 0.717) is 5.92 Å². The van der Waals surface area contributed by atoms with Gasteiger partial charge in [-0.1, -0.05) is 69.4 Å². The van der Waals surface area contributed by atoms with Gasteiger partial charge in [0.1, 0.15) is 0 Å². The van der Waals surface area contributed by atoms with Gasteiger partial charge in [-0.3, -0.25) is 0 Å². The first-order chi connectivity index (χ1) is 9.03. The second-order valence-electron chi connectivity index (χ2n) is 6.18. The van der Waals surface area contributed by atoms with Crippen LogP contribution in [-0.4, -0.2) is 0 Å². The van der Waals surface area contributed by atoms with Crippen LogP contribution in [0.5, 0.6) is 0 Å². The van der Waals surface area contributed by atoms with E-state index < -0.39 is 0 Å². The molecular weight excluding hydrogens is 228 g/mol. The zero-order valence-electron chi connectivity index (χ0n) is 11.9. The summed E-state index contributed by atoms with van der Waals surface area (Å²) < 4.78 is 0. The second kappa shape index (κ2) is 4.38. The molecule has 0 saturated heterocycles. The molecule has 0 spiro atoms. The lowest BCUT2D eigenvalue weighted by molar-refractivity contribution is 0.633. The summed E-state index contributed by atoms with van der Waals surface area (Å²) in [4.78, 5) is 0. The van der Waals surface area contributed by atoms with E-state index in [1.807, 2.05) is 0 Å². The molecular formula is C19H20. The molecule has 2 aliphatic carbocycles. The van der Waals surface area contributed by atoms with Crippen molar-refractivity contribution in [3.8, 4) is 0 Å². The van der Waals surface area contributed by atoms with Crippen LogP contribution in [0.3, 0.4) is 0 Å². The first kappa shape index (κ1) is 12.2. The zero-order valence-corrected chi connectivity index (χ0v) is 11.9. The molecule has 3 rings (SSSR count). The third-order valence-electron chi connectivity index (χ3n) is 3.83. The standard InChI is InChI=1S/C19H20/c1-14-4-6-15-12-17-8-10-19(2,3)11-9-18(17)13-16(15)7-5-14/h4-14H,1-3H3. The molecule has 2 aliphatic rings. The number of hydrogen-bond acceptors (Lipinski definition) is 0. The van der Waals surface area contributed by atoms with E-state index in [1.165, 1.54) is 22.3 Å². The Labute approximate surface area is 115 Å². The van der Waals surface area contributed by atoms with Crippen molar-refractivity contribution in [2.24, 2.45) is 11.3 Å². The summed E-state index contributed by atoms with van der Waals surface area (Å²) >= 11 is 0. The predicted molar refractivity (Wildman–Crippen MR) is 85.5 cm³/mol. The van der Waals surface area contributed by atoms with Gasteiger partial charge in [0.2, 0.25) is 0 Å². The van der Waals surface area contributed by atoms with Crippen molar-refractivity contribution in [3.63, 3.8) is 0 Å². The highest BCUT2D eigenvalue weighted by Crippen LogP contribution is 2.31. The molecule has 0 atom stereocenters. The van der Waals surface area contributed by atoms with Crippen LogP contribution < -0.4 is 0 Å². The van der Waals surface area contributed by atoms with E-state index >= 15 is 0 Å². The number of benzene rings is 1. The van der Waals surface area contributed by atoms with Gasteiger partial charge in [0.25, 0.3) is 0 Å². The molecule has 0 nitrogen and oxygen atoms in total. The van der Waals surface area contributed by atoms with Crippen LogP contribution in [0.15, 0.2) is 36.4 Å². The van der Waals surface area contributed by atoms with Crippen molar-refractivity contribution in [2.75, 3.05) is 0 Å². The van der Waals surface area contributed by atoms with Crippen LogP contribution >= 0.6 is 0 Å². The monoisotopic (exact) mass is 248 g/mol. The molecule has 1 aromatic rings. The fraction of sp³-hybridized carbons (Fsp3) is 0.263. The van der Waals surface area contributed by atoms with Crippen molar-refractivity contribution < 1.29 is 0 Å². The van der Waals surface area contributed by atoms with E-state index in [2.05, 4.69) is 81.5 Å². The average molecular weight is 248 g/mol. The number of fused-ring (bicyclic) bond motifs is 2. The summed E-state index contributed by atoms with van der Waals surface area (Å²) in [5, 5.41) is 0. The molecule has 19 heavy (non-hydrogen) atoms. The quantitative estimate of drug-likeness (QED) is 0.574. The second-order valence-corrected chi connectivity index (χ2v) is 6.18. The highest BCUT2D eigenvalue weighted by Gasteiger charge is 2.14. The average Bonchev–Trinajstić information content (AvgIpc) is 2.64. The summed E-state index contributed by atoms with van der Waals surface area (Å²) in [5.74, 6) is 0.511. The van der Waals surface area contributed by atoms with Crippen LogP contribution in [0.1, 0.15) is 43.0 Å².